The van der Waals surface area contributed by atoms with Crippen LogP contribution in [0.2, 0.25) is 0 Å². The van der Waals surface area contributed by atoms with Crippen LogP contribution in [0.5, 0.6) is 0 Å². The van der Waals surface area contributed by atoms with Gasteiger partial charge in [0.2, 0.25) is 0 Å². The molecule has 1 aromatic carbocycles. The second-order valence-corrected chi connectivity index (χ2v) is 7.63. The second-order valence-electron chi connectivity index (χ2n) is 7.63. The van der Waals surface area contributed by atoms with Crippen molar-refractivity contribution in [3.63, 3.8) is 0 Å². The first-order valence-electron chi connectivity index (χ1n) is 9.00. The lowest BCUT2D eigenvalue weighted by atomic mass is 9.97. The molecule has 0 aromatic heterocycles. The molecule has 0 atom stereocenters. The van der Waals surface area contributed by atoms with Crippen molar-refractivity contribution in [2.75, 3.05) is 25.0 Å². The van der Waals surface area contributed by atoms with Crippen LogP contribution in [0.4, 0.5) is 15.3 Å². The molecule has 27 heavy (non-hydrogen) atoms. The monoisotopic (exact) mass is 377 g/mol. The molecule has 2 rings (SSSR count). The van der Waals surface area contributed by atoms with Crippen LogP contribution in [0.25, 0.3) is 0 Å². The number of carboxylic acid groups (broad SMARTS) is 1. The molecule has 1 fully saturated rings. The minimum atomic E-state index is -1.01. The summed E-state index contributed by atoms with van der Waals surface area (Å²) in [6, 6.07) is 5.62. The van der Waals surface area contributed by atoms with Crippen molar-refractivity contribution in [1.29, 1.82) is 0 Å². The number of amides is 3. The fraction of sp³-hybridized carbons (Fsp3) is 0.526. The van der Waals surface area contributed by atoms with Gasteiger partial charge in [0.15, 0.2) is 0 Å². The lowest BCUT2D eigenvalue weighted by Gasteiger charge is -2.33. The Bertz CT molecular complexity index is 674. The van der Waals surface area contributed by atoms with E-state index in [4.69, 9.17) is 9.84 Å². The zero-order chi connectivity index (χ0) is 20.0. The summed E-state index contributed by atoms with van der Waals surface area (Å²) in [6.45, 7) is 7.26. The maximum absolute atomic E-state index is 12.0. The molecule has 0 saturated carbocycles. The molecular weight excluding hydrogens is 350 g/mol. The number of nitrogens with zero attached hydrogens (tertiary/aromatic N) is 1. The molecule has 0 bridgehead atoms. The fourth-order valence-electron chi connectivity index (χ4n) is 2.75. The number of benzene rings is 1. The van der Waals surface area contributed by atoms with E-state index in [2.05, 4.69) is 10.6 Å². The molecule has 8 nitrogen and oxygen atoms in total. The molecule has 1 aliphatic rings. The number of likely N-dealkylation sites (tertiary alicyclic amines) is 1. The van der Waals surface area contributed by atoms with Gasteiger partial charge >= 0.3 is 18.1 Å². The lowest BCUT2D eigenvalue weighted by Crippen LogP contribution is -2.44. The van der Waals surface area contributed by atoms with Gasteiger partial charge in [0, 0.05) is 25.3 Å². The van der Waals surface area contributed by atoms with Crippen LogP contribution >= 0.6 is 0 Å². The first kappa shape index (κ1) is 20.5. The smallest absolute Gasteiger partial charge is 0.410 e. The van der Waals surface area contributed by atoms with Crippen molar-refractivity contribution in [2.24, 2.45) is 5.92 Å². The number of carbonyl (C=O) groups excluding carboxylic acids is 2. The summed E-state index contributed by atoms with van der Waals surface area (Å²) in [5, 5.41) is 14.4. The number of hydrogen-bond donors (Lipinski definition) is 3. The Morgan fingerprint density at radius 1 is 1.15 bits per heavy atom. The summed E-state index contributed by atoms with van der Waals surface area (Å²) in [4.78, 5) is 36.5. The average Bonchev–Trinajstić information content (AvgIpc) is 2.59. The maximum Gasteiger partial charge on any atom is 0.410 e. The van der Waals surface area contributed by atoms with Gasteiger partial charge in [-0.2, -0.15) is 0 Å². The largest absolute Gasteiger partial charge is 0.478 e. The van der Waals surface area contributed by atoms with E-state index in [-0.39, 0.29) is 17.7 Å². The van der Waals surface area contributed by atoms with E-state index in [1.165, 1.54) is 12.1 Å². The summed E-state index contributed by atoms with van der Waals surface area (Å²) in [5.74, 6) is -0.715. The first-order chi connectivity index (χ1) is 12.6. The van der Waals surface area contributed by atoms with Crippen LogP contribution in [0, 0.1) is 5.92 Å². The predicted octanol–water partition coefficient (Wildman–Crippen LogP) is 3.15. The molecule has 3 N–H and O–H groups in total. The lowest BCUT2D eigenvalue weighted by molar-refractivity contribution is 0.0184. The Balaban J connectivity index is 1.71. The summed E-state index contributed by atoms with van der Waals surface area (Å²) in [5.41, 5.74) is 0.186. The molecule has 1 aliphatic heterocycles. The van der Waals surface area contributed by atoms with Crippen LogP contribution in [-0.4, -0.2) is 53.3 Å². The van der Waals surface area contributed by atoms with Crippen molar-refractivity contribution < 1.29 is 24.2 Å². The third-order valence-corrected chi connectivity index (χ3v) is 4.21. The van der Waals surface area contributed by atoms with E-state index in [9.17, 15) is 14.4 Å². The molecule has 1 aromatic rings. The highest BCUT2D eigenvalue weighted by Gasteiger charge is 2.26. The third-order valence-electron chi connectivity index (χ3n) is 4.21. The zero-order valence-corrected chi connectivity index (χ0v) is 15.9. The Morgan fingerprint density at radius 3 is 2.26 bits per heavy atom. The summed E-state index contributed by atoms with van der Waals surface area (Å²) in [6.07, 6.45) is 1.30. The molecule has 0 radical (unpaired) electrons. The number of aromatic carboxylic acids is 1. The maximum atomic E-state index is 12.0. The van der Waals surface area contributed by atoms with E-state index in [1.54, 1.807) is 17.0 Å². The van der Waals surface area contributed by atoms with Gasteiger partial charge < -0.3 is 25.4 Å². The van der Waals surface area contributed by atoms with E-state index in [1.807, 2.05) is 20.8 Å². The second kappa shape index (κ2) is 8.75. The van der Waals surface area contributed by atoms with Gasteiger partial charge in [0.1, 0.15) is 5.60 Å². The molecule has 3 amide bonds. The summed E-state index contributed by atoms with van der Waals surface area (Å²) in [7, 11) is 0. The topological polar surface area (TPSA) is 108 Å². The van der Waals surface area contributed by atoms with Crippen molar-refractivity contribution >= 4 is 23.8 Å². The molecule has 1 heterocycles. The van der Waals surface area contributed by atoms with Gasteiger partial charge in [-0.1, -0.05) is 0 Å². The fourth-order valence-corrected chi connectivity index (χ4v) is 2.75. The van der Waals surface area contributed by atoms with Gasteiger partial charge in [-0.05, 0) is 63.8 Å². The highest BCUT2D eigenvalue weighted by Crippen LogP contribution is 2.19. The zero-order valence-electron chi connectivity index (χ0n) is 15.9. The Hall–Kier alpha value is -2.77. The number of piperidine rings is 1. The number of anilines is 1. The van der Waals surface area contributed by atoms with Gasteiger partial charge in [-0.3, -0.25) is 0 Å². The Kier molecular flexibility index (Phi) is 6.65. The summed E-state index contributed by atoms with van der Waals surface area (Å²) < 4.78 is 5.37. The number of carbonyl (C=O) groups is 3. The Labute approximate surface area is 158 Å². The highest BCUT2D eigenvalue weighted by molar-refractivity contribution is 5.91. The van der Waals surface area contributed by atoms with Crippen LogP contribution in [0.1, 0.15) is 44.0 Å². The van der Waals surface area contributed by atoms with Crippen molar-refractivity contribution in [2.45, 2.75) is 39.2 Å². The van der Waals surface area contributed by atoms with Crippen molar-refractivity contribution in [3.8, 4) is 0 Å². The SMILES string of the molecule is CC(C)(C)OC(=O)N1CCC(CNC(=O)Nc2ccc(C(=O)O)cc2)CC1. The molecule has 148 valence electrons. The summed E-state index contributed by atoms with van der Waals surface area (Å²) >= 11 is 0. The number of urea groups is 1. The van der Waals surface area contributed by atoms with E-state index in [0.717, 1.165) is 12.8 Å². The normalized spacial score (nSPS) is 15.1. The molecule has 1 saturated heterocycles. The van der Waals surface area contributed by atoms with Crippen LogP contribution < -0.4 is 10.6 Å². The molecule has 0 aliphatic carbocycles. The van der Waals surface area contributed by atoms with Gasteiger partial charge in [0.05, 0.1) is 5.56 Å². The van der Waals surface area contributed by atoms with Crippen LogP contribution in [-0.2, 0) is 4.74 Å². The van der Waals surface area contributed by atoms with Crippen LogP contribution in [0.15, 0.2) is 24.3 Å². The Morgan fingerprint density at radius 2 is 1.74 bits per heavy atom. The number of hydrogen-bond acceptors (Lipinski definition) is 4. The standard InChI is InChI=1S/C19H27N3O5/c1-19(2,3)27-18(26)22-10-8-13(9-11-22)12-20-17(25)21-15-6-4-14(5-7-15)16(23)24/h4-7,13H,8-12H2,1-3H3,(H,23,24)(H2,20,21,25). The predicted molar refractivity (Wildman–Crippen MR) is 101 cm³/mol. The van der Waals surface area contributed by atoms with E-state index >= 15 is 0 Å². The highest BCUT2D eigenvalue weighted by atomic mass is 16.6. The van der Waals surface area contributed by atoms with Gasteiger partial charge in [-0.15, -0.1) is 0 Å². The average molecular weight is 377 g/mol. The first-order valence-corrected chi connectivity index (χ1v) is 9.00. The molecule has 0 spiro atoms. The molecule has 8 heteroatoms. The van der Waals surface area contributed by atoms with Gasteiger partial charge in [-0.25, -0.2) is 14.4 Å². The number of ether oxygens (including phenoxy) is 1. The number of carboxylic acids is 1. The van der Waals surface area contributed by atoms with Gasteiger partial charge in [0.25, 0.3) is 0 Å². The van der Waals surface area contributed by atoms with E-state index < -0.39 is 11.6 Å². The number of rotatable bonds is 4. The quantitative estimate of drug-likeness (QED) is 0.747. The minimum Gasteiger partial charge on any atom is -0.478 e. The number of nitrogens with one attached hydrogen (secondary N) is 2. The van der Waals surface area contributed by atoms with Crippen molar-refractivity contribution in [1.82, 2.24) is 10.2 Å². The third kappa shape index (κ3) is 6.80. The van der Waals surface area contributed by atoms with Crippen LogP contribution in [0.3, 0.4) is 0 Å². The molecular formula is C19H27N3O5. The van der Waals surface area contributed by atoms with E-state index in [0.29, 0.717) is 31.2 Å². The van der Waals surface area contributed by atoms with Crippen molar-refractivity contribution in [3.05, 3.63) is 29.8 Å². The molecule has 0 unspecified atom stereocenters. The minimum absolute atomic E-state index is 0.165.